The molecule has 0 aliphatic heterocycles. The Morgan fingerprint density at radius 2 is 1.88 bits per heavy atom. The Hall–Kier alpha value is -2.42. The number of H-pyrrole nitrogens is 1. The largest absolute Gasteiger partial charge is 0.342 e. The first-order chi connectivity index (χ1) is 8.36. The smallest absolute Gasteiger partial charge is 0.211 e. The molecule has 0 unspecified atom stereocenters. The Kier molecular flexibility index (Phi) is 2.22. The highest BCUT2D eigenvalue weighted by Gasteiger charge is 2.12. The highest BCUT2D eigenvalue weighted by Crippen LogP contribution is 2.20. The first-order valence-electron chi connectivity index (χ1n) is 5.37. The molecule has 17 heavy (non-hydrogen) atoms. The summed E-state index contributed by atoms with van der Waals surface area (Å²) in [7, 11) is 0. The molecule has 2 aromatic carbocycles. The van der Waals surface area contributed by atoms with E-state index in [1.54, 1.807) is 6.20 Å². The van der Waals surface area contributed by atoms with E-state index in [0.29, 0.717) is 11.3 Å². The summed E-state index contributed by atoms with van der Waals surface area (Å²) in [4.78, 5) is 19.0. The van der Waals surface area contributed by atoms with Crippen molar-refractivity contribution in [3.63, 3.8) is 0 Å². The molecule has 3 rings (SSSR count). The van der Waals surface area contributed by atoms with Gasteiger partial charge in [-0.15, -0.1) is 0 Å². The second-order valence-electron chi connectivity index (χ2n) is 3.82. The van der Waals surface area contributed by atoms with Crippen LogP contribution < -0.4 is 0 Å². The van der Waals surface area contributed by atoms with Crippen LogP contribution >= 0.6 is 0 Å². The van der Waals surface area contributed by atoms with Crippen LogP contribution in [0.2, 0.25) is 0 Å². The van der Waals surface area contributed by atoms with Gasteiger partial charge >= 0.3 is 0 Å². The van der Waals surface area contributed by atoms with Crippen LogP contribution in [0.25, 0.3) is 10.8 Å². The van der Waals surface area contributed by atoms with Gasteiger partial charge in [0.2, 0.25) is 5.78 Å². The number of hydrogen-bond donors (Lipinski definition) is 1. The molecule has 0 fully saturated rings. The number of aromatic nitrogens is 2. The molecule has 0 saturated carbocycles. The molecule has 0 spiro atoms. The highest BCUT2D eigenvalue weighted by molar-refractivity contribution is 6.15. The number of hydrogen-bond acceptors (Lipinski definition) is 2. The second kappa shape index (κ2) is 3.87. The van der Waals surface area contributed by atoms with Crippen LogP contribution in [0.3, 0.4) is 0 Å². The van der Waals surface area contributed by atoms with Gasteiger partial charge in [0, 0.05) is 5.56 Å². The van der Waals surface area contributed by atoms with Crippen molar-refractivity contribution in [3.8, 4) is 0 Å². The standard InChI is InChI=1S/C14H10N2O/c17-14(13-8-15-9-16-13)12-7-3-5-10-4-1-2-6-11(10)12/h1-9H,(H,15,16). The van der Waals surface area contributed by atoms with Gasteiger partial charge in [0.25, 0.3) is 0 Å². The summed E-state index contributed by atoms with van der Waals surface area (Å²) in [5, 5.41) is 2.03. The van der Waals surface area contributed by atoms with Crippen molar-refractivity contribution in [1.29, 1.82) is 0 Å². The number of rotatable bonds is 2. The number of carbonyl (C=O) groups excluding carboxylic acids is 1. The number of aromatic amines is 1. The maximum Gasteiger partial charge on any atom is 0.211 e. The molecule has 0 aliphatic rings. The maximum atomic E-state index is 12.3. The van der Waals surface area contributed by atoms with Crippen LogP contribution in [-0.2, 0) is 0 Å². The van der Waals surface area contributed by atoms with E-state index in [9.17, 15) is 4.79 Å². The van der Waals surface area contributed by atoms with Crippen molar-refractivity contribution in [3.05, 3.63) is 66.2 Å². The zero-order valence-corrected chi connectivity index (χ0v) is 9.05. The predicted octanol–water partition coefficient (Wildman–Crippen LogP) is 2.79. The minimum absolute atomic E-state index is 0.0284. The number of fused-ring (bicyclic) bond motifs is 1. The second-order valence-corrected chi connectivity index (χ2v) is 3.82. The van der Waals surface area contributed by atoms with Crippen LogP contribution in [0.1, 0.15) is 16.1 Å². The molecule has 1 aromatic heterocycles. The summed E-state index contributed by atoms with van der Waals surface area (Å²) < 4.78 is 0. The van der Waals surface area contributed by atoms with Crippen molar-refractivity contribution in [1.82, 2.24) is 9.97 Å². The van der Waals surface area contributed by atoms with Crippen molar-refractivity contribution in [2.75, 3.05) is 0 Å². The molecule has 3 aromatic rings. The van der Waals surface area contributed by atoms with E-state index < -0.39 is 0 Å². The molecular weight excluding hydrogens is 212 g/mol. The Morgan fingerprint density at radius 3 is 2.71 bits per heavy atom. The van der Waals surface area contributed by atoms with Crippen molar-refractivity contribution in [2.45, 2.75) is 0 Å². The van der Waals surface area contributed by atoms with Gasteiger partial charge in [0.15, 0.2) is 0 Å². The average molecular weight is 222 g/mol. The van der Waals surface area contributed by atoms with Crippen molar-refractivity contribution < 1.29 is 4.79 Å². The minimum Gasteiger partial charge on any atom is -0.342 e. The van der Waals surface area contributed by atoms with Gasteiger partial charge in [0.05, 0.1) is 12.5 Å². The number of carbonyl (C=O) groups is 1. The Bertz CT molecular complexity index is 666. The number of imidazole rings is 1. The maximum absolute atomic E-state index is 12.3. The third kappa shape index (κ3) is 1.61. The Labute approximate surface area is 98.1 Å². The van der Waals surface area contributed by atoms with Gasteiger partial charge in [-0.3, -0.25) is 4.79 Å². The predicted molar refractivity (Wildman–Crippen MR) is 66.0 cm³/mol. The van der Waals surface area contributed by atoms with E-state index >= 15 is 0 Å². The SMILES string of the molecule is O=C(c1cnc[nH]1)c1cccc2ccccc12. The van der Waals surface area contributed by atoms with Crippen LogP contribution in [0, 0.1) is 0 Å². The summed E-state index contributed by atoms with van der Waals surface area (Å²) in [5.74, 6) is -0.0284. The zero-order chi connectivity index (χ0) is 11.7. The van der Waals surface area contributed by atoms with Gasteiger partial charge in [0.1, 0.15) is 5.69 Å². The lowest BCUT2D eigenvalue weighted by Crippen LogP contribution is -2.02. The summed E-state index contributed by atoms with van der Waals surface area (Å²) in [6.45, 7) is 0. The summed E-state index contributed by atoms with van der Waals surface area (Å²) in [6.07, 6.45) is 3.06. The lowest BCUT2D eigenvalue weighted by molar-refractivity contribution is 0.103. The third-order valence-electron chi connectivity index (χ3n) is 2.78. The fourth-order valence-corrected chi connectivity index (χ4v) is 1.95. The number of nitrogens with zero attached hydrogens (tertiary/aromatic N) is 1. The van der Waals surface area contributed by atoms with Crippen LogP contribution in [-0.4, -0.2) is 15.8 Å². The number of nitrogens with one attached hydrogen (secondary N) is 1. The molecule has 3 nitrogen and oxygen atoms in total. The van der Waals surface area contributed by atoms with Gasteiger partial charge in [-0.1, -0.05) is 42.5 Å². The number of benzene rings is 2. The average Bonchev–Trinajstić information content (AvgIpc) is 2.91. The first kappa shape index (κ1) is 9.78. The molecule has 0 saturated heterocycles. The van der Waals surface area contributed by atoms with Gasteiger partial charge in [-0.05, 0) is 10.8 Å². The quantitative estimate of drug-likeness (QED) is 0.677. The topological polar surface area (TPSA) is 45.8 Å². The van der Waals surface area contributed by atoms with Gasteiger partial charge in [-0.2, -0.15) is 0 Å². The molecule has 1 N–H and O–H groups in total. The Balaban J connectivity index is 2.21. The molecule has 0 amide bonds. The summed E-state index contributed by atoms with van der Waals surface area (Å²) >= 11 is 0. The summed E-state index contributed by atoms with van der Waals surface area (Å²) in [6, 6.07) is 13.6. The zero-order valence-electron chi connectivity index (χ0n) is 9.05. The van der Waals surface area contributed by atoms with Crippen LogP contribution in [0.4, 0.5) is 0 Å². The molecule has 82 valence electrons. The third-order valence-corrected chi connectivity index (χ3v) is 2.78. The monoisotopic (exact) mass is 222 g/mol. The Morgan fingerprint density at radius 1 is 1.06 bits per heavy atom. The van der Waals surface area contributed by atoms with Crippen molar-refractivity contribution in [2.24, 2.45) is 0 Å². The normalized spacial score (nSPS) is 10.6. The van der Waals surface area contributed by atoms with E-state index in [0.717, 1.165) is 10.8 Å². The molecule has 0 aliphatic carbocycles. The van der Waals surface area contributed by atoms with E-state index in [4.69, 9.17) is 0 Å². The minimum atomic E-state index is -0.0284. The molecule has 3 heteroatoms. The van der Waals surface area contributed by atoms with E-state index in [1.165, 1.54) is 6.33 Å². The van der Waals surface area contributed by atoms with Gasteiger partial charge in [-0.25, -0.2) is 4.98 Å². The fourth-order valence-electron chi connectivity index (χ4n) is 1.95. The molecule has 0 bridgehead atoms. The fraction of sp³-hybridized carbons (Fsp3) is 0. The van der Waals surface area contributed by atoms with E-state index in [1.807, 2.05) is 42.5 Å². The van der Waals surface area contributed by atoms with Crippen LogP contribution in [0.5, 0.6) is 0 Å². The molecular formula is C14H10N2O. The van der Waals surface area contributed by atoms with Gasteiger partial charge < -0.3 is 4.98 Å². The highest BCUT2D eigenvalue weighted by atomic mass is 16.1. The molecule has 0 radical (unpaired) electrons. The molecule has 0 atom stereocenters. The lowest BCUT2D eigenvalue weighted by Gasteiger charge is -2.03. The first-order valence-corrected chi connectivity index (χ1v) is 5.37. The summed E-state index contributed by atoms with van der Waals surface area (Å²) in [5.41, 5.74) is 1.22. The lowest BCUT2D eigenvalue weighted by atomic mass is 10.0. The van der Waals surface area contributed by atoms with Crippen LogP contribution in [0.15, 0.2) is 55.0 Å². The van der Waals surface area contributed by atoms with E-state index in [-0.39, 0.29) is 5.78 Å². The number of ketones is 1. The van der Waals surface area contributed by atoms with Crippen molar-refractivity contribution >= 4 is 16.6 Å². The van der Waals surface area contributed by atoms with E-state index in [2.05, 4.69) is 9.97 Å². The molecule has 1 heterocycles.